The normalized spacial score (nSPS) is 9.04. The number of Topliss-reactive ketones (excluding diaryl/α,β-unsaturated/α-hetero) is 2. The van der Waals surface area contributed by atoms with Crippen molar-refractivity contribution in [1.29, 1.82) is 0 Å². The summed E-state index contributed by atoms with van der Waals surface area (Å²) < 4.78 is 0. The number of hydrogen-bond donors (Lipinski definition) is 0. The Bertz CT molecular complexity index is 712. The Kier molecular flexibility index (Phi) is 6.39. The monoisotopic (exact) mass is 300 g/mol. The predicted molar refractivity (Wildman–Crippen MR) is 90.5 cm³/mol. The van der Waals surface area contributed by atoms with Crippen LogP contribution in [-0.4, -0.2) is 11.6 Å². The second-order valence-electron chi connectivity index (χ2n) is 4.93. The Morgan fingerprint density at radius 1 is 0.652 bits per heavy atom. The number of carbonyl (C=O) groups excluding carboxylic acids is 2. The molecule has 0 atom stereocenters. The summed E-state index contributed by atoms with van der Waals surface area (Å²) in [6.45, 7) is 0. The number of rotatable bonds is 4. The number of benzene rings is 2. The molecular weight excluding hydrogens is 284 g/mol. The molecule has 2 nitrogen and oxygen atoms in total. The summed E-state index contributed by atoms with van der Waals surface area (Å²) in [5.41, 5.74) is 1.62. The maximum Gasteiger partial charge on any atom is 0.205 e. The van der Waals surface area contributed by atoms with Gasteiger partial charge in [-0.15, -0.1) is 0 Å². The Balaban J connectivity index is 1.75. The van der Waals surface area contributed by atoms with Crippen LogP contribution < -0.4 is 0 Å². The van der Waals surface area contributed by atoms with Crippen LogP contribution in [0.15, 0.2) is 60.7 Å². The van der Waals surface area contributed by atoms with E-state index in [9.17, 15) is 9.59 Å². The Morgan fingerprint density at radius 3 is 1.43 bits per heavy atom. The molecule has 0 saturated carbocycles. The molecule has 2 aromatic rings. The fourth-order valence-electron chi connectivity index (χ4n) is 1.86. The molecular formula is C21H16O2. The summed E-state index contributed by atoms with van der Waals surface area (Å²) in [6.07, 6.45) is 1.03. The third kappa shape index (κ3) is 6.46. The van der Waals surface area contributed by atoms with Crippen molar-refractivity contribution >= 4 is 11.6 Å². The average molecular weight is 300 g/mol. The topological polar surface area (TPSA) is 34.1 Å². The molecule has 0 N–H and O–H groups in total. The predicted octanol–water partition coefficient (Wildman–Crippen LogP) is 3.40. The van der Waals surface area contributed by atoms with E-state index in [0.29, 0.717) is 6.42 Å². The van der Waals surface area contributed by atoms with E-state index in [1.165, 1.54) is 0 Å². The molecule has 2 heteroatoms. The van der Waals surface area contributed by atoms with E-state index >= 15 is 0 Å². The first-order valence-corrected chi connectivity index (χ1v) is 7.44. The highest BCUT2D eigenvalue weighted by Crippen LogP contribution is 2.00. The smallest absolute Gasteiger partial charge is 0.205 e. The molecule has 0 aliphatic rings. The standard InChI is InChI=1S/C21H16O2/c22-20(16-14-18-8-3-1-4-9-18)12-7-13-21(23)17-15-19-10-5-2-6-11-19/h1-6,8-11H,7,12-13H2. The van der Waals surface area contributed by atoms with E-state index in [1.807, 2.05) is 60.7 Å². The minimum atomic E-state index is -0.155. The van der Waals surface area contributed by atoms with Gasteiger partial charge in [-0.05, 0) is 42.5 Å². The molecule has 0 bridgehead atoms. The van der Waals surface area contributed by atoms with Crippen LogP contribution in [0.25, 0.3) is 0 Å². The molecule has 0 aromatic heterocycles. The Morgan fingerprint density at radius 2 is 1.04 bits per heavy atom. The van der Waals surface area contributed by atoms with Gasteiger partial charge in [0.05, 0.1) is 0 Å². The molecule has 23 heavy (non-hydrogen) atoms. The molecule has 0 radical (unpaired) electrons. The lowest BCUT2D eigenvalue weighted by Crippen LogP contribution is -1.98. The molecule has 0 aliphatic carbocycles. The van der Waals surface area contributed by atoms with Gasteiger partial charge >= 0.3 is 0 Å². The SMILES string of the molecule is O=C(C#Cc1ccccc1)CCCC(=O)C#Cc1ccccc1. The first-order valence-electron chi connectivity index (χ1n) is 7.44. The van der Waals surface area contributed by atoms with Crippen LogP contribution in [0.1, 0.15) is 30.4 Å². The lowest BCUT2D eigenvalue weighted by molar-refractivity contribution is -0.115. The van der Waals surface area contributed by atoms with E-state index in [1.54, 1.807) is 0 Å². The summed E-state index contributed by atoms with van der Waals surface area (Å²) in [6, 6.07) is 18.7. The van der Waals surface area contributed by atoms with E-state index in [4.69, 9.17) is 0 Å². The second kappa shape index (κ2) is 9.03. The summed E-state index contributed by atoms with van der Waals surface area (Å²) >= 11 is 0. The lowest BCUT2D eigenvalue weighted by Gasteiger charge is -1.92. The van der Waals surface area contributed by atoms with E-state index in [2.05, 4.69) is 23.7 Å². The Hall–Kier alpha value is -3.10. The van der Waals surface area contributed by atoms with Crippen molar-refractivity contribution in [3.63, 3.8) is 0 Å². The zero-order valence-electron chi connectivity index (χ0n) is 12.7. The third-order valence-electron chi connectivity index (χ3n) is 3.05. The van der Waals surface area contributed by atoms with Gasteiger partial charge in [0.1, 0.15) is 0 Å². The number of hydrogen-bond acceptors (Lipinski definition) is 2. The molecule has 0 aliphatic heterocycles. The first kappa shape index (κ1) is 16.3. The minimum Gasteiger partial charge on any atom is -0.285 e. The van der Waals surface area contributed by atoms with Gasteiger partial charge < -0.3 is 0 Å². The molecule has 0 amide bonds. The maximum absolute atomic E-state index is 11.7. The molecule has 0 heterocycles. The van der Waals surface area contributed by atoms with Crippen LogP contribution in [-0.2, 0) is 9.59 Å². The van der Waals surface area contributed by atoms with Crippen molar-refractivity contribution in [2.24, 2.45) is 0 Å². The van der Waals surface area contributed by atoms with E-state index in [-0.39, 0.29) is 24.4 Å². The summed E-state index contributed by atoms with van der Waals surface area (Å²) in [5, 5.41) is 0. The van der Waals surface area contributed by atoms with Gasteiger partial charge in [-0.2, -0.15) is 0 Å². The first-order chi connectivity index (χ1) is 11.2. The van der Waals surface area contributed by atoms with Crippen molar-refractivity contribution in [2.45, 2.75) is 19.3 Å². The largest absolute Gasteiger partial charge is 0.285 e. The van der Waals surface area contributed by atoms with Gasteiger partial charge in [0, 0.05) is 24.0 Å². The second-order valence-corrected chi connectivity index (χ2v) is 4.93. The summed E-state index contributed by atoms with van der Waals surface area (Å²) in [7, 11) is 0. The van der Waals surface area contributed by atoms with Crippen LogP contribution in [0.4, 0.5) is 0 Å². The van der Waals surface area contributed by atoms with E-state index < -0.39 is 0 Å². The highest BCUT2D eigenvalue weighted by Gasteiger charge is 2.01. The number of carbonyl (C=O) groups is 2. The van der Waals surface area contributed by atoms with Gasteiger partial charge in [0.25, 0.3) is 0 Å². The van der Waals surface area contributed by atoms with Crippen LogP contribution in [0.3, 0.4) is 0 Å². The van der Waals surface area contributed by atoms with Gasteiger partial charge in [-0.25, -0.2) is 0 Å². The quantitative estimate of drug-likeness (QED) is 0.811. The molecule has 0 saturated heterocycles. The van der Waals surface area contributed by atoms with Crippen molar-refractivity contribution in [2.75, 3.05) is 0 Å². The van der Waals surface area contributed by atoms with Crippen LogP contribution in [0.2, 0.25) is 0 Å². The molecule has 2 rings (SSSR count). The zero-order valence-corrected chi connectivity index (χ0v) is 12.7. The van der Waals surface area contributed by atoms with Gasteiger partial charge in [-0.1, -0.05) is 48.2 Å². The molecule has 2 aromatic carbocycles. The van der Waals surface area contributed by atoms with Gasteiger partial charge in [0.2, 0.25) is 11.6 Å². The van der Waals surface area contributed by atoms with Crippen LogP contribution in [0.5, 0.6) is 0 Å². The summed E-state index contributed by atoms with van der Waals surface area (Å²) in [4.78, 5) is 23.3. The number of ketones is 2. The van der Waals surface area contributed by atoms with Gasteiger partial charge in [-0.3, -0.25) is 9.59 Å². The highest BCUT2D eigenvalue weighted by molar-refractivity contribution is 5.98. The van der Waals surface area contributed by atoms with E-state index in [0.717, 1.165) is 11.1 Å². The van der Waals surface area contributed by atoms with Crippen LogP contribution in [0, 0.1) is 23.7 Å². The van der Waals surface area contributed by atoms with Crippen molar-refractivity contribution in [1.82, 2.24) is 0 Å². The lowest BCUT2D eigenvalue weighted by atomic mass is 10.1. The third-order valence-corrected chi connectivity index (χ3v) is 3.05. The van der Waals surface area contributed by atoms with Crippen molar-refractivity contribution in [3.8, 4) is 23.7 Å². The van der Waals surface area contributed by atoms with Crippen molar-refractivity contribution < 1.29 is 9.59 Å². The molecule has 0 fully saturated rings. The molecule has 0 unspecified atom stereocenters. The maximum atomic E-state index is 11.7. The van der Waals surface area contributed by atoms with Gasteiger partial charge in [0.15, 0.2) is 0 Å². The fraction of sp³-hybridized carbons (Fsp3) is 0.143. The zero-order chi connectivity index (χ0) is 16.3. The highest BCUT2D eigenvalue weighted by atomic mass is 16.1. The molecule has 112 valence electrons. The van der Waals surface area contributed by atoms with Crippen LogP contribution >= 0.6 is 0 Å². The molecule has 0 spiro atoms. The minimum absolute atomic E-state index is 0.155. The Labute approximate surface area is 136 Å². The average Bonchev–Trinajstić information content (AvgIpc) is 2.60. The van der Waals surface area contributed by atoms with Crippen molar-refractivity contribution in [3.05, 3.63) is 71.8 Å². The fourth-order valence-corrected chi connectivity index (χ4v) is 1.86. The summed E-state index contributed by atoms with van der Waals surface area (Å²) in [5.74, 6) is 10.5.